The van der Waals surface area contributed by atoms with Gasteiger partial charge in [-0.2, -0.15) is 5.10 Å². The molecular formula is C28H32FN3O2. The number of amides is 1. The topological polar surface area (TPSA) is 58.2 Å². The van der Waals surface area contributed by atoms with E-state index in [2.05, 4.69) is 33.3 Å². The average molecular weight is 462 g/mol. The zero-order valence-electron chi connectivity index (χ0n) is 19.5. The summed E-state index contributed by atoms with van der Waals surface area (Å²) in [5.41, 5.74) is 2.51. The van der Waals surface area contributed by atoms with E-state index in [-0.39, 0.29) is 11.7 Å². The second kappa shape index (κ2) is 8.81. The summed E-state index contributed by atoms with van der Waals surface area (Å²) in [7, 11) is 0. The first kappa shape index (κ1) is 21.8. The van der Waals surface area contributed by atoms with Crippen LogP contribution >= 0.6 is 0 Å². The molecule has 0 aliphatic carbocycles. The maximum atomic E-state index is 14.6. The number of rotatable bonds is 5. The molecule has 1 amide bonds. The molecule has 1 N–H and O–H groups in total. The standard InChI is InChI=1S/C28H32FN3O2/c29-25-4-2-1-3-21(25)17-28(9-11-34-12-10-28)27(33)32-23-6-7-24(32)16-20(15-23)13-19-5-8-26-22(14-19)18-30-31-26/h1-5,8,14,18,20,23-24H,6-7,9-13,15-17H2,(H,30,31). The van der Waals surface area contributed by atoms with E-state index in [1.807, 2.05) is 18.3 Å². The number of nitrogens with zero attached hydrogens (tertiary/aromatic N) is 2. The molecule has 2 unspecified atom stereocenters. The Hall–Kier alpha value is -2.73. The molecule has 5 nitrogen and oxygen atoms in total. The summed E-state index contributed by atoms with van der Waals surface area (Å²) >= 11 is 0. The van der Waals surface area contributed by atoms with Gasteiger partial charge in [0, 0.05) is 30.7 Å². The van der Waals surface area contributed by atoms with Crippen LogP contribution in [0.3, 0.4) is 0 Å². The number of nitrogens with one attached hydrogen (secondary N) is 1. The number of piperidine rings is 1. The molecule has 6 rings (SSSR count). The van der Waals surface area contributed by atoms with E-state index in [0.717, 1.165) is 43.0 Å². The number of aromatic nitrogens is 2. The molecule has 2 bridgehead atoms. The number of ether oxygens (including phenoxy) is 1. The van der Waals surface area contributed by atoms with Gasteiger partial charge in [-0.25, -0.2) is 4.39 Å². The molecule has 4 heterocycles. The van der Waals surface area contributed by atoms with Gasteiger partial charge in [-0.05, 0) is 86.6 Å². The summed E-state index contributed by atoms with van der Waals surface area (Å²) in [4.78, 5) is 16.4. The number of fused-ring (bicyclic) bond motifs is 3. The van der Waals surface area contributed by atoms with Crippen LogP contribution in [0.2, 0.25) is 0 Å². The predicted octanol–water partition coefficient (Wildman–Crippen LogP) is 5.05. The van der Waals surface area contributed by atoms with E-state index in [4.69, 9.17) is 4.74 Å². The fraction of sp³-hybridized carbons (Fsp3) is 0.500. The van der Waals surface area contributed by atoms with Crippen LogP contribution in [0.5, 0.6) is 0 Å². The lowest BCUT2D eigenvalue weighted by molar-refractivity contribution is -0.153. The summed E-state index contributed by atoms with van der Waals surface area (Å²) in [6.07, 6.45) is 9.01. The highest BCUT2D eigenvalue weighted by Crippen LogP contribution is 2.45. The molecule has 0 radical (unpaired) electrons. The van der Waals surface area contributed by atoms with Crippen molar-refractivity contribution >= 4 is 16.8 Å². The summed E-state index contributed by atoms with van der Waals surface area (Å²) in [6.45, 7) is 1.14. The number of halogens is 1. The number of hydrogen-bond acceptors (Lipinski definition) is 3. The van der Waals surface area contributed by atoms with Crippen molar-refractivity contribution in [3.8, 4) is 0 Å². The minimum Gasteiger partial charge on any atom is -0.381 e. The van der Waals surface area contributed by atoms with Crippen molar-refractivity contribution in [2.45, 2.75) is 63.5 Å². The van der Waals surface area contributed by atoms with Gasteiger partial charge in [0.2, 0.25) is 5.91 Å². The van der Waals surface area contributed by atoms with Crippen LogP contribution in [-0.4, -0.2) is 46.3 Å². The van der Waals surface area contributed by atoms with Gasteiger partial charge >= 0.3 is 0 Å². The van der Waals surface area contributed by atoms with Crippen molar-refractivity contribution in [1.29, 1.82) is 0 Å². The highest BCUT2D eigenvalue weighted by Gasteiger charge is 2.50. The zero-order valence-corrected chi connectivity index (χ0v) is 19.5. The maximum Gasteiger partial charge on any atom is 0.229 e. The molecule has 3 aromatic rings. The number of benzene rings is 2. The fourth-order valence-corrected chi connectivity index (χ4v) is 6.75. The van der Waals surface area contributed by atoms with Gasteiger partial charge in [0.25, 0.3) is 0 Å². The largest absolute Gasteiger partial charge is 0.381 e. The number of carbonyl (C=O) groups excluding carboxylic acids is 1. The Morgan fingerprint density at radius 1 is 1.12 bits per heavy atom. The van der Waals surface area contributed by atoms with Crippen molar-refractivity contribution in [3.05, 3.63) is 65.6 Å². The molecule has 6 heteroatoms. The molecule has 34 heavy (non-hydrogen) atoms. The van der Waals surface area contributed by atoms with Crippen molar-refractivity contribution in [2.75, 3.05) is 13.2 Å². The Kier molecular flexibility index (Phi) is 5.64. The quantitative estimate of drug-likeness (QED) is 0.578. The monoisotopic (exact) mass is 461 g/mol. The number of carbonyl (C=O) groups is 1. The van der Waals surface area contributed by atoms with Crippen LogP contribution in [0.15, 0.2) is 48.7 Å². The third-order valence-electron chi connectivity index (χ3n) is 8.48. The van der Waals surface area contributed by atoms with Gasteiger partial charge in [0.05, 0.1) is 17.1 Å². The molecule has 3 aliphatic rings. The van der Waals surface area contributed by atoms with E-state index < -0.39 is 5.41 Å². The molecular weight excluding hydrogens is 429 g/mol. The molecule has 178 valence electrons. The average Bonchev–Trinajstić information content (AvgIpc) is 3.42. The lowest BCUT2D eigenvalue weighted by atomic mass is 9.72. The summed E-state index contributed by atoms with van der Waals surface area (Å²) in [5.74, 6) is 0.616. The van der Waals surface area contributed by atoms with Crippen LogP contribution in [0.25, 0.3) is 10.9 Å². The van der Waals surface area contributed by atoms with Gasteiger partial charge in [0.1, 0.15) is 5.82 Å². The highest BCUT2D eigenvalue weighted by molar-refractivity contribution is 5.84. The van der Waals surface area contributed by atoms with Crippen LogP contribution in [0.1, 0.15) is 49.7 Å². The van der Waals surface area contributed by atoms with Gasteiger partial charge in [-0.1, -0.05) is 24.3 Å². The van der Waals surface area contributed by atoms with Crippen molar-refractivity contribution in [3.63, 3.8) is 0 Å². The first-order chi connectivity index (χ1) is 16.6. The van der Waals surface area contributed by atoms with Gasteiger partial charge in [0.15, 0.2) is 0 Å². The number of H-pyrrole nitrogens is 1. The number of hydrogen-bond donors (Lipinski definition) is 1. The number of aromatic amines is 1. The van der Waals surface area contributed by atoms with E-state index >= 15 is 0 Å². The highest BCUT2D eigenvalue weighted by atomic mass is 19.1. The van der Waals surface area contributed by atoms with Crippen LogP contribution < -0.4 is 0 Å². The smallest absolute Gasteiger partial charge is 0.229 e. The van der Waals surface area contributed by atoms with Crippen molar-refractivity contribution in [1.82, 2.24) is 15.1 Å². The van der Waals surface area contributed by atoms with Crippen molar-refractivity contribution in [2.24, 2.45) is 11.3 Å². The predicted molar refractivity (Wildman–Crippen MR) is 129 cm³/mol. The third-order valence-corrected chi connectivity index (χ3v) is 8.48. The first-order valence-corrected chi connectivity index (χ1v) is 12.7. The Balaban J connectivity index is 1.20. The summed E-state index contributed by atoms with van der Waals surface area (Å²) in [5, 5.41) is 8.31. The molecule has 0 saturated carbocycles. The summed E-state index contributed by atoms with van der Waals surface area (Å²) < 4.78 is 20.2. The zero-order chi connectivity index (χ0) is 23.1. The van der Waals surface area contributed by atoms with Crippen LogP contribution in [0.4, 0.5) is 4.39 Å². The van der Waals surface area contributed by atoms with E-state index in [0.29, 0.717) is 56.0 Å². The minimum absolute atomic E-state index is 0.211. The molecule has 2 atom stereocenters. The molecule has 2 aromatic carbocycles. The Bertz CT molecular complexity index is 1170. The maximum absolute atomic E-state index is 14.6. The van der Waals surface area contributed by atoms with E-state index in [9.17, 15) is 9.18 Å². The normalized spacial score (nSPS) is 26.1. The summed E-state index contributed by atoms with van der Waals surface area (Å²) in [6, 6.07) is 14.1. The second-order valence-electron chi connectivity index (χ2n) is 10.6. The second-order valence-corrected chi connectivity index (χ2v) is 10.6. The SMILES string of the molecule is O=C(N1C2CCC1CC(Cc1ccc3[nH]ncc3c1)C2)C1(Cc2ccccc2F)CCOCC1. The lowest BCUT2D eigenvalue weighted by Gasteiger charge is -2.46. The third kappa shape index (κ3) is 3.92. The fourth-order valence-electron chi connectivity index (χ4n) is 6.75. The molecule has 1 aromatic heterocycles. The Labute approximate surface area is 199 Å². The van der Waals surface area contributed by atoms with Crippen molar-refractivity contribution < 1.29 is 13.9 Å². The van der Waals surface area contributed by atoms with Crippen LogP contribution in [0, 0.1) is 17.2 Å². The van der Waals surface area contributed by atoms with E-state index in [1.54, 1.807) is 6.07 Å². The molecule has 3 fully saturated rings. The van der Waals surface area contributed by atoms with Gasteiger partial charge < -0.3 is 9.64 Å². The first-order valence-electron chi connectivity index (χ1n) is 12.7. The Morgan fingerprint density at radius 2 is 1.88 bits per heavy atom. The van der Waals surface area contributed by atoms with Gasteiger partial charge in [-0.15, -0.1) is 0 Å². The molecule has 3 saturated heterocycles. The van der Waals surface area contributed by atoms with Crippen LogP contribution in [-0.2, 0) is 22.4 Å². The van der Waals surface area contributed by atoms with Gasteiger partial charge in [-0.3, -0.25) is 9.89 Å². The Morgan fingerprint density at radius 3 is 2.65 bits per heavy atom. The molecule has 0 spiro atoms. The lowest BCUT2D eigenvalue weighted by Crippen LogP contribution is -2.55. The molecule has 3 aliphatic heterocycles. The van der Waals surface area contributed by atoms with E-state index in [1.165, 1.54) is 11.6 Å². The minimum atomic E-state index is -0.555.